The maximum atomic E-state index is 10.8. The number of carbonyl (C=O) groups excluding carboxylic acids is 1. The molecule has 2 fully saturated rings. The van der Waals surface area contributed by atoms with Gasteiger partial charge in [0, 0.05) is 5.92 Å². The van der Waals surface area contributed by atoms with E-state index in [9.17, 15) is 4.79 Å². The van der Waals surface area contributed by atoms with Crippen molar-refractivity contribution < 1.29 is 4.79 Å². The average molecular weight is 264 g/mol. The molecule has 2 aliphatic rings. The summed E-state index contributed by atoms with van der Waals surface area (Å²) in [5, 5.41) is 0. The predicted octanol–water partition coefficient (Wildman–Crippen LogP) is 5.38. The highest BCUT2D eigenvalue weighted by atomic mass is 16.1. The molecular weight excluding hydrogens is 232 g/mol. The van der Waals surface area contributed by atoms with Crippen LogP contribution < -0.4 is 0 Å². The Kier molecular flexibility index (Phi) is 6.40. The molecule has 0 N–H and O–H groups in total. The van der Waals surface area contributed by atoms with Gasteiger partial charge in [0.25, 0.3) is 0 Å². The maximum Gasteiger partial charge on any atom is 0.123 e. The van der Waals surface area contributed by atoms with E-state index in [0.717, 1.165) is 30.6 Å². The van der Waals surface area contributed by atoms with Crippen LogP contribution >= 0.6 is 0 Å². The molecule has 2 rings (SSSR count). The monoisotopic (exact) mass is 264 g/mol. The largest absolute Gasteiger partial charge is 0.303 e. The minimum atomic E-state index is 0.389. The number of hydrogen-bond acceptors (Lipinski definition) is 1. The van der Waals surface area contributed by atoms with E-state index < -0.39 is 0 Å². The van der Waals surface area contributed by atoms with Crippen LogP contribution in [0, 0.1) is 23.7 Å². The van der Waals surface area contributed by atoms with E-state index in [0.29, 0.717) is 5.92 Å². The summed E-state index contributed by atoms with van der Waals surface area (Å²) in [4.78, 5) is 10.8. The van der Waals surface area contributed by atoms with E-state index in [2.05, 4.69) is 6.92 Å². The molecule has 0 bridgehead atoms. The minimum absolute atomic E-state index is 0.389. The molecule has 2 unspecified atom stereocenters. The first kappa shape index (κ1) is 15.1. The lowest BCUT2D eigenvalue weighted by molar-refractivity contribution is -0.112. The van der Waals surface area contributed by atoms with Gasteiger partial charge >= 0.3 is 0 Å². The zero-order chi connectivity index (χ0) is 13.5. The lowest BCUT2D eigenvalue weighted by Gasteiger charge is -2.31. The van der Waals surface area contributed by atoms with E-state index in [-0.39, 0.29) is 0 Å². The lowest BCUT2D eigenvalue weighted by Crippen LogP contribution is -2.19. The van der Waals surface area contributed by atoms with Crippen LogP contribution in [0.5, 0.6) is 0 Å². The summed E-state index contributed by atoms with van der Waals surface area (Å²) < 4.78 is 0. The summed E-state index contributed by atoms with van der Waals surface area (Å²) >= 11 is 0. The van der Waals surface area contributed by atoms with Crippen LogP contribution in [0.2, 0.25) is 0 Å². The number of hydrogen-bond donors (Lipinski definition) is 0. The summed E-state index contributed by atoms with van der Waals surface area (Å²) in [6.45, 7) is 2.33. The van der Waals surface area contributed by atoms with Crippen molar-refractivity contribution >= 4 is 6.29 Å². The lowest BCUT2D eigenvalue weighted by atomic mass is 9.74. The van der Waals surface area contributed by atoms with Crippen molar-refractivity contribution in [2.45, 2.75) is 84.0 Å². The average Bonchev–Trinajstić information content (AvgIpc) is 2.46. The van der Waals surface area contributed by atoms with Crippen molar-refractivity contribution in [1.82, 2.24) is 0 Å². The Morgan fingerprint density at radius 3 is 2.11 bits per heavy atom. The van der Waals surface area contributed by atoms with Gasteiger partial charge in [0.15, 0.2) is 0 Å². The van der Waals surface area contributed by atoms with Crippen LogP contribution in [0.1, 0.15) is 84.0 Å². The Labute approximate surface area is 119 Å². The molecule has 0 aliphatic heterocycles. The van der Waals surface area contributed by atoms with Gasteiger partial charge in [-0.05, 0) is 49.9 Å². The van der Waals surface area contributed by atoms with Crippen LogP contribution in [0.4, 0.5) is 0 Å². The standard InChI is InChI=1S/C18H32O/c1-2-4-16-5-3-6-17(13-16)10-7-15-8-11-18(14-19)12-9-15/h14-18H,2-13H2,1H3. The Balaban J connectivity index is 1.63. The van der Waals surface area contributed by atoms with Crippen LogP contribution in [0.3, 0.4) is 0 Å². The van der Waals surface area contributed by atoms with Gasteiger partial charge < -0.3 is 4.79 Å². The molecule has 1 nitrogen and oxygen atoms in total. The summed E-state index contributed by atoms with van der Waals surface area (Å²) in [6, 6.07) is 0. The molecule has 2 saturated carbocycles. The van der Waals surface area contributed by atoms with E-state index in [1.807, 2.05) is 0 Å². The van der Waals surface area contributed by atoms with Gasteiger partial charge in [0.05, 0.1) is 0 Å². The third-order valence-electron chi connectivity index (χ3n) is 5.66. The van der Waals surface area contributed by atoms with Crippen molar-refractivity contribution in [3.63, 3.8) is 0 Å². The number of carbonyl (C=O) groups is 1. The SMILES string of the molecule is CCCC1CCCC(CCC2CCC(C=O)CC2)C1. The first-order chi connectivity index (χ1) is 9.31. The normalized spacial score (nSPS) is 36.1. The van der Waals surface area contributed by atoms with Crippen molar-refractivity contribution in [3.8, 4) is 0 Å². The fourth-order valence-corrected chi connectivity index (χ4v) is 4.42. The number of rotatable bonds is 6. The third kappa shape index (κ3) is 4.93. The van der Waals surface area contributed by atoms with E-state index in [4.69, 9.17) is 0 Å². The van der Waals surface area contributed by atoms with Crippen LogP contribution in [-0.4, -0.2) is 6.29 Å². The molecular formula is C18H32O. The highest BCUT2D eigenvalue weighted by Crippen LogP contribution is 2.37. The Morgan fingerprint density at radius 2 is 1.47 bits per heavy atom. The smallest absolute Gasteiger partial charge is 0.123 e. The van der Waals surface area contributed by atoms with Crippen molar-refractivity contribution in [2.75, 3.05) is 0 Å². The fraction of sp³-hybridized carbons (Fsp3) is 0.944. The second kappa shape index (κ2) is 8.07. The predicted molar refractivity (Wildman–Crippen MR) is 81.1 cm³/mol. The fourth-order valence-electron chi connectivity index (χ4n) is 4.42. The first-order valence-corrected chi connectivity index (χ1v) is 8.77. The van der Waals surface area contributed by atoms with E-state index in [1.165, 1.54) is 70.5 Å². The zero-order valence-corrected chi connectivity index (χ0v) is 12.8. The third-order valence-corrected chi connectivity index (χ3v) is 5.66. The topological polar surface area (TPSA) is 17.1 Å². The second-order valence-electron chi connectivity index (χ2n) is 7.18. The summed E-state index contributed by atoms with van der Waals surface area (Å²) in [5.74, 6) is 3.38. The van der Waals surface area contributed by atoms with Crippen LogP contribution in [0.15, 0.2) is 0 Å². The van der Waals surface area contributed by atoms with Gasteiger partial charge in [0.1, 0.15) is 6.29 Å². The minimum Gasteiger partial charge on any atom is -0.303 e. The first-order valence-electron chi connectivity index (χ1n) is 8.77. The van der Waals surface area contributed by atoms with Crippen molar-refractivity contribution in [2.24, 2.45) is 23.7 Å². The summed E-state index contributed by atoms with van der Waals surface area (Å²) in [5.41, 5.74) is 0. The maximum absolute atomic E-state index is 10.8. The molecule has 0 amide bonds. The van der Waals surface area contributed by atoms with Gasteiger partial charge in [-0.3, -0.25) is 0 Å². The molecule has 0 aromatic carbocycles. The molecule has 0 heterocycles. The number of aldehydes is 1. The molecule has 19 heavy (non-hydrogen) atoms. The molecule has 2 aliphatic carbocycles. The van der Waals surface area contributed by atoms with Crippen molar-refractivity contribution in [1.29, 1.82) is 0 Å². The highest BCUT2D eigenvalue weighted by molar-refractivity contribution is 5.53. The second-order valence-corrected chi connectivity index (χ2v) is 7.18. The molecule has 0 saturated heterocycles. The van der Waals surface area contributed by atoms with E-state index >= 15 is 0 Å². The van der Waals surface area contributed by atoms with Crippen LogP contribution in [0.25, 0.3) is 0 Å². The van der Waals surface area contributed by atoms with E-state index in [1.54, 1.807) is 0 Å². The molecule has 110 valence electrons. The molecule has 0 aromatic rings. The molecule has 0 aromatic heterocycles. The van der Waals surface area contributed by atoms with Crippen molar-refractivity contribution in [3.05, 3.63) is 0 Å². The Hall–Kier alpha value is -0.330. The highest BCUT2D eigenvalue weighted by Gasteiger charge is 2.24. The van der Waals surface area contributed by atoms with Gasteiger partial charge in [0.2, 0.25) is 0 Å². The molecule has 0 radical (unpaired) electrons. The Bertz CT molecular complexity index is 250. The van der Waals surface area contributed by atoms with Crippen LogP contribution in [-0.2, 0) is 4.79 Å². The Morgan fingerprint density at radius 1 is 0.842 bits per heavy atom. The molecule has 2 atom stereocenters. The summed E-state index contributed by atoms with van der Waals surface area (Å²) in [7, 11) is 0. The van der Waals surface area contributed by atoms with Gasteiger partial charge in [-0.2, -0.15) is 0 Å². The van der Waals surface area contributed by atoms with Gasteiger partial charge in [-0.25, -0.2) is 0 Å². The quantitative estimate of drug-likeness (QED) is 0.589. The van der Waals surface area contributed by atoms with Gasteiger partial charge in [-0.15, -0.1) is 0 Å². The summed E-state index contributed by atoms with van der Waals surface area (Å²) in [6.07, 6.45) is 17.9. The molecule has 1 heteroatoms. The molecule has 0 spiro atoms. The zero-order valence-electron chi connectivity index (χ0n) is 12.8. The van der Waals surface area contributed by atoms with Gasteiger partial charge in [-0.1, -0.05) is 51.9 Å².